The number of anilines is 1. The molecule has 0 saturated carbocycles. The number of rotatable bonds is 3. The number of non-ortho nitro benzene ring substituents is 1. The molecule has 1 unspecified atom stereocenters. The van der Waals surface area contributed by atoms with Gasteiger partial charge in [0.05, 0.1) is 4.92 Å². The van der Waals surface area contributed by atoms with E-state index in [1.807, 2.05) is 6.07 Å². The molecule has 0 aliphatic carbocycles. The van der Waals surface area contributed by atoms with Crippen LogP contribution in [-0.4, -0.2) is 42.0 Å². The molecule has 2 saturated heterocycles. The SMILES string of the molecule is O=[N+]([O-])c1ccc(N2CCN3CCCCC3C2)c(CCl)c1. The monoisotopic (exact) mass is 309 g/mol. The number of nitrogens with zero attached hydrogens (tertiary/aromatic N) is 3. The van der Waals surface area contributed by atoms with Crippen LogP contribution >= 0.6 is 11.6 Å². The zero-order valence-electron chi connectivity index (χ0n) is 12.0. The predicted octanol–water partition coefficient (Wildman–Crippen LogP) is 3.01. The molecule has 114 valence electrons. The summed E-state index contributed by atoms with van der Waals surface area (Å²) in [5, 5.41) is 10.9. The van der Waals surface area contributed by atoms with Gasteiger partial charge in [0.2, 0.25) is 0 Å². The van der Waals surface area contributed by atoms with Gasteiger partial charge in [-0.15, -0.1) is 11.6 Å². The first-order valence-electron chi connectivity index (χ1n) is 7.51. The molecule has 0 aromatic heterocycles. The number of hydrogen-bond acceptors (Lipinski definition) is 4. The van der Waals surface area contributed by atoms with E-state index in [4.69, 9.17) is 11.6 Å². The van der Waals surface area contributed by atoms with Crippen molar-refractivity contribution in [2.75, 3.05) is 31.1 Å². The normalized spacial score (nSPS) is 22.9. The highest BCUT2D eigenvalue weighted by Crippen LogP contribution is 2.30. The Kier molecular flexibility index (Phi) is 4.31. The Balaban J connectivity index is 1.81. The molecule has 1 aromatic rings. The Hall–Kier alpha value is -1.33. The van der Waals surface area contributed by atoms with Gasteiger partial charge in [0.1, 0.15) is 0 Å². The summed E-state index contributed by atoms with van der Waals surface area (Å²) in [7, 11) is 0. The minimum atomic E-state index is -0.362. The highest BCUT2D eigenvalue weighted by molar-refractivity contribution is 6.17. The summed E-state index contributed by atoms with van der Waals surface area (Å²) in [6.45, 7) is 4.25. The molecule has 2 heterocycles. The van der Waals surface area contributed by atoms with Gasteiger partial charge in [-0.05, 0) is 31.0 Å². The third kappa shape index (κ3) is 2.99. The van der Waals surface area contributed by atoms with Crippen LogP contribution in [0.4, 0.5) is 11.4 Å². The lowest BCUT2D eigenvalue weighted by Gasteiger charge is -2.45. The fourth-order valence-corrected chi connectivity index (χ4v) is 3.69. The van der Waals surface area contributed by atoms with Gasteiger partial charge in [-0.2, -0.15) is 0 Å². The highest BCUT2D eigenvalue weighted by atomic mass is 35.5. The van der Waals surface area contributed by atoms with Crippen LogP contribution in [0.5, 0.6) is 0 Å². The molecule has 2 aliphatic heterocycles. The second-order valence-electron chi connectivity index (χ2n) is 5.84. The molecule has 2 aliphatic rings. The zero-order chi connectivity index (χ0) is 14.8. The fraction of sp³-hybridized carbons (Fsp3) is 0.600. The number of fused-ring (bicyclic) bond motifs is 1. The topological polar surface area (TPSA) is 49.6 Å². The van der Waals surface area contributed by atoms with Crippen LogP contribution < -0.4 is 4.90 Å². The lowest BCUT2D eigenvalue weighted by atomic mass is 9.98. The number of alkyl halides is 1. The van der Waals surface area contributed by atoms with Crippen molar-refractivity contribution in [2.24, 2.45) is 0 Å². The summed E-state index contributed by atoms with van der Waals surface area (Å²) in [5.74, 6) is 0.307. The average Bonchev–Trinajstić information content (AvgIpc) is 2.53. The van der Waals surface area contributed by atoms with Gasteiger partial charge < -0.3 is 4.90 Å². The Morgan fingerprint density at radius 3 is 2.90 bits per heavy atom. The van der Waals surface area contributed by atoms with Crippen LogP contribution in [0.25, 0.3) is 0 Å². The Morgan fingerprint density at radius 2 is 2.14 bits per heavy atom. The van der Waals surface area contributed by atoms with Crippen molar-refractivity contribution in [1.29, 1.82) is 0 Å². The van der Waals surface area contributed by atoms with Crippen molar-refractivity contribution in [2.45, 2.75) is 31.2 Å². The summed E-state index contributed by atoms with van der Waals surface area (Å²) < 4.78 is 0. The maximum absolute atomic E-state index is 10.9. The maximum atomic E-state index is 10.9. The first-order valence-corrected chi connectivity index (χ1v) is 8.05. The second kappa shape index (κ2) is 6.20. The lowest BCUT2D eigenvalue weighted by molar-refractivity contribution is -0.384. The van der Waals surface area contributed by atoms with Gasteiger partial charge in [0, 0.05) is 49.4 Å². The number of nitro groups is 1. The quantitative estimate of drug-likeness (QED) is 0.489. The number of piperidine rings is 1. The van der Waals surface area contributed by atoms with Gasteiger partial charge in [-0.25, -0.2) is 0 Å². The van der Waals surface area contributed by atoms with E-state index in [0.29, 0.717) is 11.9 Å². The molecule has 21 heavy (non-hydrogen) atoms. The number of benzene rings is 1. The van der Waals surface area contributed by atoms with E-state index in [9.17, 15) is 10.1 Å². The van der Waals surface area contributed by atoms with E-state index < -0.39 is 0 Å². The van der Waals surface area contributed by atoms with Crippen LogP contribution in [0, 0.1) is 10.1 Å². The molecule has 6 heteroatoms. The van der Waals surface area contributed by atoms with Gasteiger partial charge in [0.25, 0.3) is 5.69 Å². The molecule has 1 aromatic carbocycles. The Morgan fingerprint density at radius 1 is 1.29 bits per heavy atom. The van der Waals surface area contributed by atoms with Crippen LogP contribution in [0.1, 0.15) is 24.8 Å². The third-order valence-corrected chi connectivity index (χ3v) is 4.88. The highest BCUT2D eigenvalue weighted by Gasteiger charge is 2.29. The van der Waals surface area contributed by atoms with E-state index in [0.717, 1.165) is 30.9 Å². The Labute approximate surface area is 129 Å². The molecular weight excluding hydrogens is 290 g/mol. The van der Waals surface area contributed by atoms with Crippen LogP contribution in [0.2, 0.25) is 0 Å². The zero-order valence-corrected chi connectivity index (χ0v) is 12.8. The van der Waals surface area contributed by atoms with Crippen LogP contribution in [-0.2, 0) is 5.88 Å². The standard InChI is InChI=1S/C15H20ClN3O2/c16-10-12-9-13(19(20)21)4-5-15(12)18-8-7-17-6-2-1-3-14(17)11-18/h4-5,9,14H,1-3,6-8,10-11H2. The van der Waals surface area contributed by atoms with E-state index in [-0.39, 0.29) is 10.6 Å². The fourth-order valence-electron chi connectivity index (χ4n) is 3.48. The molecule has 3 rings (SSSR count). The molecule has 0 spiro atoms. The molecule has 2 fully saturated rings. The summed E-state index contributed by atoms with van der Waals surface area (Å²) in [4.78, 5) is 15.4. The number of halogens is 1. The van der Waals surface area contributed by atoms with E-state index in [1.54, 1.807) is 12.1 Å². The van der Waals surface area contributed by atoms with Crippen molar-refractivity contribution in [3.05, 3.63) is 33.9 Å². The molecule has 1 atom stereocenters. The van der Waals surface area contributed by atoms with E-state index in [1.165, 1.54) is 25.8 Å². The minimum absolute atomic E-state index is 0.116. The number of piperazine rings is 1. The maximum Gasteiger partial charge on any atom is 0.269 e. The smallest absolute Gasteiger partial charge is 0.269 e. The minimum Gasteiger partial charge on any atom is -0.368 e. The number of hydrogen-bond donors (Lipinski definition) is 0. The molecule has 0 radical (unpaired) electrons. The lowest BCUT2D eigenvalue weighted by Crippen LogP contribution is -2.55. The van der Waals surface area contributed by atoms with Crippen LogP contribution in [0.3, 0.4) is 0 Å². The van der Waals surface area contributed by atoms with Crippen molar-refractivity contribution in [1.82, 2.24) is 4.90 Å². The molecule has 0 N–H and O–H groups in total. The number of nitro benzene ring substituents is 1. The van der Waals surface area contributed by atoms with Gasteiger partial charge in [0.15, 0.2) is 0 Å². The third-order valence-electron chi connectivity index (χ3n) is 4.60. The molecule has 0 amide bonds. The van der Waals surface area contributed by atoms with E-state index in [2.05, 4.69) is 9.80 Å². The van der Waals surface area contributed by atoms with Crippen molar-refractivity contribution < 1.29 is 4.92 Å². The van der Waals surface area contributed by atoms with Crippen molar-refractivity contribution in [3.63, 3.8) is 0 Å². The van der Waals surface area contributed by atoms with Crippen molar-refractivity contribution in [3.8, 4) is 0 Å². The average molecular weight is 310 g/mol. The Bertz CT molecular complexity index is 538. The van der Waals surface area contributed by atoms with Gasteiger partial charge in [-0.1, -0.05) is 6.42 Å². The summed E-state index contributed by atoms with van der Waals surface area (Å²) in [6, 6.07) is 5.66. The summed E-state index contributed by atoms with van der Waals surface area (Å²) in [5.41, 5.74) is 2.03. The first kappa shape index (κ1) is 14.6. The second-order valence-corrected chi connectivity index (χ2v) is 6.10. The van der Waals surface area contributed by atoms with Crippen LogP contribution in [0.15, 0.2) is 18.2 Å². The predicted molar refractivity (Wildman–Crippen MR) is 84.1 cm³/mol. The van der Waals surface area contributed by atoms with Gasteiger partial charge >= 0.3 is 0 Å². The van der Waals surface area contributed by atoms with Gasteiger partial charge in [-0.3, -0.25) is 15.0 Å². The first-order chi connectivity index (χ1) is 10.2. The molecule has 5 nitrogen and oxygen atoms in total. The molecular formula is C15H20ClN3O2. The van der Waals surface area contributed by atoms with E-state index >= 15 is 0 Å². The van der Waals surface area contributed by atoms with Crippen molar-refractivity contribution >= 4 is 23.0 Å². The summed E-state index contributed by atoms with van der Waals surface area (Å²) in [6.07, 6.45) is 3.86. The largest absolute Gasteiger partial charge is 0.368 e. The summed E-state index contributed by atoms with van der Waals surface area (Å²) >= 11 is 6.01. The molecule has 0 bridgehead atoms.